The molecule has 2 rings (SSSR count). The Kier molecular flexibility index (Phi) is 4.29. The van der Waals surface area contributed by atoms with Crippen LogP contribution in [0.25, 0.3) is 0 Å². The van der Waals surface area contributed by atoms with E-state index in [4.69, 9.17) is 0 Å². The SMILES string of the molecule is CC(NC1CCC(C)(C)CC1C)c1cccc(F)c1. The normalized spacial score (nSPS) is 28.1. The Morgan fingerprint density at radius 1 is 1.37 bits per heavy atom. The van der Waals surface area contributed by atoms with Gasteiger partial charge in [0.1, 0.15) is 5.82 Å². The van der Waals surface area contributed by atoms with Gasteiger partial charge in [-0.25, -0.2) is 4.39 Å². The van der Waals surface area contributed by atoms with E-state index in [0.717, 1.165) is 5.56 Å². The van der Waals surface area contributed by atoms with Crippen LogP contribution in [-0.2, 0) is 0 Å². The summed E-state index contributed by atoms with van der Waals surface area (Å²) in [6.07, 6.45) is 3.75. The molecule has 3 atom stereocenters. The summed E-state index contributed by atoms with van der Waals surface area (Å²) < 4.78 is 13.3. The lowest BCUT2D eigenvalue weighted by molar-refractivity contribution is 0.143. The predicted octanol–water partition coefficient (Wildman–Crippen LogP) is 4.69. The second-order valence-corrected chi connectivity index (χ2v) is 6.93. The molecule has 0 heterocycles. The molecule has 1 saturated carbocycles. The molecule has 1 nitrogen and oxygen atoms in total. The highest BCUT2D eigenvalue weighted by Gasteiger charge is 2.32. The molecular weight excluding hydrogens is 237 g/mol. The maximum atomic E-state index is 13.3. The molecular formula is C17H26FN. The number of rotatable bonds is 3. The molecule has 1 fully saturated rings. The van der Waals surface area contributed by atoms with Gasteiger partial charge in [0.2, 0.25) is 0 Å². The quantitative estimate of drug-likeness (QED) is 0.834. The third kappa shape index (κ3) is 3.79. The van der Waals surface area contributed by atoms with Crippen LogP contribution in [0.15, 0.2) is 24.3 Å². The van der Waals surface area contributed by atoms with E-state index in [1.165, 1.54) is 25.3 Å². The van der Waals surface area contributed by atoms with Gasteiger partial charge in [-0.1, -0.05) is 32.9 Å². The Labute approximate surface area is 116 Å². The molecule has 0 radical (unpaired) electrons. The van der Waals surface area contributed by atoms with Gasteiger partial charge < -0.3 is 5.32 Å². The Bertz CT molecular complexity index is 427. The fourth-order valence-corrected chi connectivity index (χ4v) is 3.39. The van der Waals surface area contributed by atoms with Crippen molar-refractivity contribution in [3.63, 3.8) is 0 Å². The molecule has 0 amide bonds. The van der Waals surface area contributed by atoms with E-state index in [-0.39, 0.29) is 11.9 Å². The van der Waals surface area contributed by atoms with Gasteiger partial charge in [-0.2, -0.15) is 0 Å². The summed E-state index contributed by atoms with van der Waals surface area (Å²) in [5.41, 5.74) is 1.51. The maximum Gasteiger partial charge on any atom is 0.123 e. The van der Waals surface area contributed by atoms with E-state index < -0.39 is 0 Å². The van der Waals surface area contributed by atoms with Crippen LogP contribution in [0.2, 0.25) is 0 Å². The molecule has 0 aliphatic heterocycles. The highest BCUT2D eigenvalue weighted by Crippen LogP contribution is 2.39. The Hall–Kier alpha value is -0.890. The standard InChI is InChI=1S/C17H26FN/c1-12-11-17(3,4)9-8-16(12)19-13(2)14-6-5-7-15(18)10-14/h5-7,10,12-13,16,19H,8-9,11H2,1-4H3. The van der Waals surface area contributed by atoms with Crippen LogP contribution in [0, 0.1) is 17.2 Å². The first-order valence-corrected chi connectivity index (χ1v) is 7.39. The van der Waals surface area contributed by atoms with Crippen LogP contribution in [0.1, 0.15) is 58.6 Å². The van der Waals surface area contributed by atoms with E-state index >= 15 is 0 Å². The van der Waals surface area contributed by atoms with Gasteiger partial charge in [-0.3, -0.25) is 0 Å². The molecule has 0 bridgehead atoms. The molecule has 1 aromatic rings. The van der Waals surface area contributed by atoms with Crippen LogP contribution in [0.5, 0.6) is 0 Å². The van der Waals surface area contributed by atoms with E-state index in [1.54, 1.807) is 12.1 Å². The third-order valence-electron chi connectivity index (χ3n) is 4.51. The van der Waals surface area contributed by atoms with Gasteiger partial charge in [0.25, 0.3) is 0 Å². The van der Waals surface area contributed by atoms with Gasteiger partial charge >= 0.3 is 0 Å². The van der Waals surface area contributed by atoms with Crippen molar-refractivity contribution in [2.45, 2.75) is 59.0 Å². The molecule has 2 heteroatoms. The minimum Gasteiger partial charge on any atom is -0.307 e. The zero-order chi connectivity index (χ0) is 14.0. The molecule has 1 aromatic carbocycles. The predicted molar refractivity (Wildman–Crippen MR) is 78.5 cm³/mol. The van der Waals surface area contributed by atoms with Crippen molar-refractivity contribution in [1.29, 1.82) is 0 Å². The van der Waals surface area contributed by atoms with Crippen LogP contribution >= 0.6 is 0 Å². The summed E-state index contributed by atoms with van der Waals surface area (Å²) in [5, 5.41) is 3.68. The van der Waals surface area contributed by atoms with Gasteiger partial charge in [0.15, 0.2) is 0 Å². The zero-order valence-electron chi connectivity index (χ0n) is 12.5. The first kappa shape index (κ1) is 14.5. The van der Waals surface area contributed by atoms with E-state index in [9.17, 15) is 4.39 Å². The van der Waals surface area contributed by atoms with Crippen molar-refractivity contribution < 1.29 is 4.39 Å². The summed E-state index contributed by atoms with van der Waals surface area (Å²) in [7, 11) is 0. The molecule has 3 unspecified atom stereocenters. The Morgan fingerprint density at radius 2 is 2.11 bits per heavy atom. The number of halogens is 1. The van der Waals surface area contributed by atoms with Crippen LogP contribution in [0.3, 0.4) is 0 Å². The molecule has 19 heavy (non-hydrogen) atoms. The number of hydrogen-bond acceptors (Lipinski definition) is 1. The Balaban J connectivity index is 1.98. The molecule has 1 aliphatic carbocycles. The molecule has 0 saturated heterocycles. The smallest absolute Gasteiger partial charge is 0.123 e. The van der Waals surface area contributed by atoms with Gasteiger partial charge in [-0.15, -0.1) is 0 Å². The van der Waals surface area contributed by atoms with Crippen molar-refractivity contribution in [3.05, 3.63) is 35.6 Å². The Morgan fingerprint density at radius 3 is 2.74 bits per heavy atom. The second-order valence-electron chi connectivity index (χ2n) is 6.93. The third-order valence-corrected chi connectivity index (χ3v) is 4.51. The van der Waals surface area contributed by atoms with E-state index in [1.807, 2.05) is 6.07 Å². The number of hydrogen-bond donors (Lipinski definition) is 1. The first-order valence-electron chi connectivity index (χ1n) is 7.39. The lowest BCUT2D eigenvalue weighted by Crippen LogP contribution is -2.42. The monoisotopic (exact) mass is 263 g/mol. The molecule has 0 spiro atoms. The fourth-order valence-electron chi connectivity index (χ4n) is 3.39. The molecule has 1 N–H and O–H groups in total. The summed E-state index contributed by atoms with van der Waals surface area (Å²) >= 11 is 0. The van der Waals surface area contributed by atoms with Crippen molar-refractivity contribution in [2.24, 2.45) is 11.3 Å². The fraction of sp³-hybridized carbons (Fsp3) is 0.647. The molecule has 106 valence electrons. The maximum absolute atomic E-state index is 13.3. The second kappa shape index (κ2) is 5.62. The van der Waals surface area contributed by atoms with Gasteiger partial charge in [0.05, 0.1) is 0 Å². The lowest BCUT2D eigenvalue weighted by Gasteiger charge is -2.40. The van der Waals surface area contributed by atoms with E-state index in [2.05, 4.69) is 33.0 Å². The first-order chi connectivity index (χ1) is 8.87. The summed E-state index contributed by atoms with van der Waals surface area (Å²) in [4.78, 5) is 0. The average Bonchev–Trinajstić information content (AvgIpc) is 2.32. The lowest BCUT2D eigenvalue weighted by atomic mass is 9.70. The van der Waals surface area contributed by atoms with Gasteiger partial charge in [-0.05, 0) is 55.2 Å². The largest absolute Gasteiger partial charge is 0.307 e. The van der Waals surface area contributed by atoms with Crippen LogP contribution < -0.4 is 5.32 Å². The minimum atomic E-state index is -0.149. The van der Waals surface area contributed by atoms with Crippen LogP contribution in [0.4, 0.5) is 4.39 Å². The van der Waals surface area contributed by atoms with Crippen molar-refractivity contribution in [3.8, 4) is 0 Å². The average molecular weight is 263 g/mol. The zero-order valence-corrected chi connectivity index (χ0v) is 12.5. The number of benzene rings is 1. The minimum absolute atomic E-state index is 0.149. The highest BCUT2D eigenvalue weighted by atomic mass is 19.1. The molecule has 0 aromatic heterocycles. The summed E-state index contributed by atoms with van der Waals surface area (Å²) in [6, 6.07) is 7.68. The summed E-state index contributed by atoms with van der Waals surface area (Å²) in [6.45, 7) is 9.17. The molecule has 1 aliphatic rings. The van der Waals surface area contributed by atoms with Gasteiger partial charge in [0, 0.05) is 12.1 Å². The van der Waals surface area contributed by atoms with Crippen molar-refractivity contribution in [1.82, 2.24) is 5.32 Å². The van der Waals surface area contributed by atoms with E-state index in [0.29, 0.717) is 17.4 Å². The number of nitrogens with one attached hydrogen (secondary N) is 1. The topological polar surface area (TPSA) is 12.0 Å². The summed E-state index contributed by atoms with van der Waals surface area (Å²) in [5.74, 6) is 0.531. The van der Waals surface area contributed by atoms with Crippen LogP contribution in [-0.4, -0.2) is 6.04 Å². The highest BCUT2D eigenvalue weighted by molar-refractivity contribution is 5.19. The van der Waals surface area contributed by atoms with Crippen molar-refractivity contribution in [2.75, 3.05) is 0 Å². The van der Waals surface area contributed by atoms with Crippen molar-refractivity contribution >= 4 is 0 Å².